The number of unbranched alkanes of at least 4 members (excludes halogenated alkanes) is 1. The van der Waals surface area contributed by atoms with Crippen molar-refractivity contribution in [1.82, 2.24) is 10.6 Å². The van der Waals surface area contributed by atoms with Crippen LogP contribution in [0, 0.1) is 6.92 Å². The fourth-order valence-corrected chi connectivity index (χ4v) is 1.80. The molecule has 4 nitrogen and oxygen atoms in total. The molecule has 0 saturated carbocycles. The monoisotopic (exact) mass is 405 g/mol. The second-order valence-corrected chi connectivity index (χ2v) is 4.74. The van der Waals surface area contributed by atoms with E-state index in [-0.39, 0.29) is 24.0 Å². The summed E-state index contributed by atoms with van der Waals surface area (Å²) >= 11 is 0. The van der Waals surface area contributed by atoms with Crippen molar-refractivity contribution in [1.29, 1.82) is 0 Å². The summed E-state index contributed by atoms with van der Waals surface area (Å²) in [5, 5.41) is 6.56. The van der Waals surface area contributed by atoms with Gasteiger partial charge in [-0.15, -0.1) is 24.0 Å². The number of rotatable bonds is 8. The maximum atomic E-state index is 5.51. The molecule has 1 aromatic carbocycles. The average Bonchev–Trinajstić information content (AvgIpc) is 2.47. The Kier molecular flexibility index (Phi) is 12.4. The van der Waals surface area contributed by atoms with Crippen molar-refractivity contribution in [2.24, 2.45) is 4.99 Å². The fraction of sp³-hybridized carbons (Fsp3) is 0.562. The third kappa shape index (κ3) is 8.93. The molecule has 5 heteroatoms. The predicted octanol–water partition coefficient (Wildman–Crippen LogP) is 3.09. The maximum absolute atomic E-state index is 5.51. The number of halogens is 1. The smallest absolute Gasteiger partial charge is 0.191 e. The molecule has 2 N–H and O–H groups in total. The molecule has 0 aliphatic rings. The standard InChI is InChI=1S/C16H27N3O.HI/c1-4-5-11-20-12-10-18-16(17-3)19-13-15-9-7-6-8-14(15)2;/h6-9H,4-5,10-13H2,1-3H3,(H2,17,18,19);1H. The van der Waals surface area contributed by atoms with Crippen LogP contribution in [-0.2, 0) is 11.3 Å². The van der Waals surface area contributed by atoms with Crippen molar-refractivity contribution in [3.8, 4) is 0 Å². The van der Waals surface area contributed by atoms with Crippen LogP contribution in [-0.4, -0.2) is 32.8 Å². The molecule has 0 saturated heterocycles. The van der Waals surface area contributed by atoms with Gasteiger partial charge in [-0.25, -0.2) is 0 Å². The van der Waals surface area contributed by atoms with Gasteiger partial charge in [-0.2, -0.15) is 0 Å². The van der Waals surface area contributed by atoms with Crippen LogP contribution in [0.25, 0.3) is 0 Å². The molecule has 0 unspecified atom stereocenters. The zero-order chi connectivity index (χ0) is 14.6. The highest BCUT2D eigenvalue weighted by atomic mass is 127. The Morgan fingerprint density at radius 3 is 2.62 bits per heavy atom. The van der Waals surface area contributed by atoms with Gasteiger partial charge in [-0.1, -0.05) is 37.6 Å². The van der Waals surface area contributed by atoms with Crippen LogP contribution < -0.4 is 10.6 Å². The molecule has 1 aromatic rings. The van der Waals surface area contributed by atoms with Gasteiger partial charge in [0.05, 0.1) is 6.61 Å². The molecule has 0 amide bonds. The van der Waals surface area contributed by atoms with Gasteiger partial charge in [0.2, 0.25) is 0 Å². The van der Waals surface area contributed by atoms with Crippen LogP contribution in [0.15, 0.2) is 29.3 Å². The Balaban J connectivity index is 0.00000400. The summed E-state index contributed by atoms with van der Waals surface area (Å²) in [7, 11) is 1.78. The second kappa shape index (κ2) is 12.9. The molecule has 0 heterocycles. The molecular formula is C16H28IN3O. The molecule has 21 heavy (non-hydrogen) atoms. The lowest BCUT2D eigenvalue weighted by Gasteiger charge is -2.13. The van der Waals surface area contributed by atoms with Crippen LogP contribution in [0.5, 0.6) is 0 Å². The predicted molar refractivity (Wildman–Crippen MR) is 101 cm³/mol. The number of hydrogen-bond donors (Lipinski definition) is 2. The first kappa shape index (κ1) is 20.2. The zero-order valence-electron chi connectivity index (χ0n) is 13.3. The van der Waals surface area contributed by atoms with E-state index in [1.165, 1.54) is 17.5 Å². The Morgan fingerprint density at radius 2 is 1.95 bits per heavy atom. The largest absolute Gasteiger partial charge is 0.380 e. The van der Waals surface area contributed by atoms with Crippen molar-refractivity contribution in [3.05, 3.63) is 35.4 Å². The first-order valence-corrected chi connectivity index (χ1v) is 7.34. The van der Waals surface area contributed by atoms with E-state index in [0.717, 1.165) is 32.1 Å². The highest BCUT2D eigenvalue weighted by molar-refractivity contribution is 14.0. The van der Waals surface area contributed by atoms with Crippen LogP contribution in [0.3, 0.4) is 0 Å². The maximum Gasteiger partial charge on any atom is 0.191 e. The number of nitrogens with one attached hydrogen (secondary N) is 2. The highest BCUT2D eigenvalue weighted by Gasteiger charge is 2.00. The lowest BCUT2D eigenvalue weighted by Crippen LogP contribution is -2.38. The number of nitrogens with zero attached hydrogens (tertiary/aromatic N) is 1. The van der Waals surface area contributed by atoms with Gasteiger partial charge in [0.25, 0.3) is 0 Å². The van der Waals surface area contributed by atoms with Gasteiger partial charge in [0.1, 0.15) is 0 Å². The lowest BCUT2D eigenvalue weighted by molar-refractivity contribution is 0.136. The second-order valence-electron chi connectivity index (χ2n) is 4.74. The molecular weight excluding hydrogens is 377 g/mol. The molecule has 0 spiro atoms. The minimum atomic E-state index is 0. The Labute approximate surface area is 145 Å². The van der Waals surface area contributed by atoms with Crippen LogP contribution in [0.2, 0.25) is 0 Å². The Hall–Kier alpha value is -0.820. The molecule has 120 valence electrons. The van der Waals surface area contributed by atoms with E-state index < -0.39 is 0 Å². The summed E-state index contributed by atoms with van der Waals surface area (Å²) in [6.45, 7) is 7.40. The Bertz CT molecular complexity index is 410. The lowest BCUT2D eigenvalue weighted by atomic mass is 10.1. The summed E-state index contributed by atoms with van der Waals surface area (Å²) in [6, 6.07) is 8.36. The fourth-order valence-electron chi connectivity index (χ4n) is 1.80. The first-order chi connectivity index (χ1) is 9.77. The van der Waals surface area contributed by atoms with Gasteiger partial charge >= 0.3 is 0 Å². The van der Waals surface area contributed by atoms with E-state index in [1.807, 2.05) is 0 Å². The first-order valence-electron chi connectivity index (χ1n) is 7.34. The normalized spacial score (nSPS) is 10.9. The van der Waals surface area contributed by atoms with E-state index in [4.69, 9.17) is 4.74 Å². The topological polar surface area (TPSA) is 45.6 Å². The zero-order valence-corrected chi connectivity index (χ0v) is 15.6. The minimum absolute atomic E-state index is 0. The number of aliphatic imine (C=N–C) groups is 1. The number of aryl methyl sites for hydroxylation is 1. The number of benzene rings is 1. The van der Waals surface area contributed by atoms with Gasteiger partial charge in [-0.3, -0.25) is 4.99 Å². The number of ether oxygens (including phenoxy) is 1. The molecule has 0 aliphatic heterocycles. The molecule has 0 radical (unpaired) electrons. The van der Waals surface area contributed by atoms with Gasteiger partial charge in [-0.05, 0) is 24.5 Å². The molecule has 0 aliphatic carbocycles. The molecule has 0 aromatic heterocycles. The summed E-state index contributed by atoms with van der Waals surface area (Å²) in [5.41, 5.74) is 2.58. The van der Waals surface area contributed by atoms with Gasteiger partial charge < -0.3 is 15.4 Å². The Morgan fingerprint density at radius 1 is 1.19 bits per heavy atom. The summed E-state index contributed by atoms with van der Waals surface area (Å²) in [4.78, 5) is 4.21. The molecule has 0 fully saturated rings. The third-order valence-corrected chi connectivity index (χ3v) is 3.11. The van der Waals surface area contributed by atoms with E-state index in [9.17, 15) is 0 Å². The summed E-state index contributed by atoms with van der Waals surface area (Å²) in [5.74, 6) is 0.812. The van der Waals surface area contributed by atoms with Crippen LogP contribution in [0.1, 0.15) is 30.9 Å². The average molecular weight is 405 g/mol. The number of guanidine groups is 1. The third-order valence-electron chi connectivity index (χ3n) is 3.11. The molecule has 0 bridgehead atoms. The van der Waals surface area contributed by atoms with Crippen molar-refractivity contribution >= 4 is 29.9 Å². The highest BCUT2D eigenvalue weighted by Crippen LogP contribution is 2.05. The van der Waals surface area contributed by atoms with E-state index in [2.05, 4.69) is 53.7 Å². The number of hydrogen-bond acceptors (Lipinski definition) is 2. The van der Waals surface area contributed by atoms with Crippen LogP contribution in [0.4, 0.5) is 0 Å². The van der Waals surface area contributed by atoms with Gasteiger partial charge in [0, 0.05) is 26.7 Å². The molecule has 0 atom stereocenters. The minimum Gasteiger partial charge on any atom is -0.380 e. The van der Waals surface area contributed by atoms with Gasteiger partial charge in [0.15, 0.2) is 5.96 Å². The summed E-state index contributed by atoms with van der Waals surface area (Å²) < 4.78 is 5.51. The van der Waals surface area contributed by atoms with Crippen molar-refractivity contribution in [2.45, 2.75) is 33.2 Å². The molecule has 1 rings (SSSR count). The van der Waals surface area contributed by atoms with E-state index in [0.29, 0.717) is 6.61 Å². The van der Waals surface area contributed by atoms with E-state index >= 15 is 0 Å². The van der Waals surface area contributed by atoms with Crippen molar-refractivity contribution in [2.75, 3.05) is 26.8 Å². The summed E-state index contributed by atoms with van der Waals surface area (Å²) in [6.07, 6.45) is 2.30. The van der Waals surface area contributed by atoms with E-state index in [1.54, 1.807) is 7.05 Å². The van der Waals surface area contributed by atoms with Crippen molar-refractivity contribution in [3.63, 3.8) is 0 Å². The van der Waals surface area contributed by atoms with Crippen molar-refractivity contribution < 1.29 is 4.74 Å². The quantitative estimate of drug-likeness (QED) is 0.303. The van der Waals surface area contributed by atoms with Crippen LogP contribution >= 0.6 is 24.0 Å². The SMILES string of the molecule is CCCCOCCNC(=NC)NCc1ccccc1C.I.